The number of amides is 1. The van der Waals surface area contributed by atoms with E-state index in [2.05, 4.69) is 53.8 Å². The molecule has 1 aliphatic carbocycles. The number of nitrogens with zero attached hydrogens (tertiary/aromatic N) is 2. The molecule has 0 radical (unpaired) electrons. The van der Waals surface area contributed by atoms with E-state index in [0.717, 1.165) is 37.4 Å². The Morgan fingerprint density at radius 3 is 2.70 bits per heavy atom. The lowest BCUT2D eigenvalue weighted by molar-refractivity contribution is 0.0949. The Labute approximate surface area is 181 Å². The molecule has 2 aliphatic rings. The monoisotopic (exact) mass is 407 g/mol. The Balaban J connectivity index is 1.33. The summed E-state index contributed by atoms with van der Waals surface area (Å²) in [7, 11) is 0. The Bertz CT molecular complexity index is 867. The molecule has 0 bridgehead atoms. The number of rotatable bonds is 6. The van der Waals surface area contributed by atoms with Gasteiger partial charge in [-0.1, -0.05) is 13.3 Å². The molecule has 1 saturated heterocycles. The molecule has 4 rings (SSSR count). The van der Waals surface area contributed by atoms with Crippen LogP contribution in [-0.4, -0.2) is 41.1 Å². The molecule has 2 heterocycles. The highest BCUT2D eigenvalue weighted by Gasteiger charge is 2.21. The molecule has 4 nitrogen and oxygen atoms in total. The third-order valence-electron chi connectivity index (χ3n) is 7.05. The van der Waals surface area contributed by atoms with Crippen molar-refractivity contribution < 1.29 is 4.79 Å². The number of fused-ring (bicyclic) bond motifs is 1. The predicted octanol–water partition coefficient (Wildman–Crippen LogP) is 4.90. The second kappa shape index (κ2) is 9.38. The molecule has 162 valence electrons. The van der Waals surface area contributed by atoms with Crippen LogP contribution in [0.2, 0.25) is 0 Å². The average Bonchev–Trinajstić information content (AvgIpc) is 3.07. The summed E-state index contributed by atoms with van der Waals surface area (Å²) in [5, 5.41) is 3.10. The predicted molar refractivity (Wildman–Crippen MR) is 124 cm³/mol. The molecule has 30 heavy (non-hydrogen) atoms. The van der Waals surface area contributed by atoms with E-state index in [0.29, 0.717) is 6.04 Å². The molecule has 4 heteroatoms. The minimum atomic E-state index is 0.0355. The van der Waals surface area contributed by atoms with Gasteiger partial charge in [-0.3, -0.25) is 4.79 Å². The molecular formula is C26H37N3O. The number of hydrogen-bond acceptors (Lipinski definition) is 2. The van der Waals surface area contributed by atoms with Crippen molar-refractivity contribution in [2.24, 2.45) is 5.92 Å². The van der Waals surface area contributed by atoms with Crippen LogP contribution in [0.1, 0.15) is 73.3 Å². The molecule has 1 N–H and O–H groups in total. The van der Waals surface area contributed by atoms with Gasteiger partial charge in [0, 0.05) is 41.8 Å². The summed E-state index contributed by atoms with van der Waals surface area (Å²) in [5.41, 5.74) is 6.15. The summed E-state index contributed by atoms with van der Waals surface area (Å²) >= 11 is 0. The molecule has 1 aliphatic heterocycles. The van der Waals surface area contributed by atoms with Crippen molar-refractivity contribution in [3.8, 4) is 5.69 Å². The number of aromatic nitrogens is 1. The van der Waals surface area contributed by atoms with Crippen molar-refractivity contribution in [2.45, 2.75) is 71.8 Å². The molecule has 2 atom stereocenters. The van der Waals surface area contributed by atoms with Crippen molar-refractivity contribution in [2.75, 3.05) is 19.6 Å². The maximum atomic E-state index is 12.6. The Morgan fingerprint density at radius 1 is 1.13 bits per heavy atom. The fourth-order valence-electron chi connectivity index (χ4n) is 5.26. The van der Waals surface area contributed by atoms with Gasteiger partial charge in [-0.2, -0.15) is 0 Å². The molecule has 0 unspecified atom stereocenters. The Hall–Kier alpha value is -2.07. The van der Waals surface area contributed by atoms with Crippen LogP contribution in [-0.2, 0) is 12.8 Å². The molecule has 1 amide bonds. The summed E-state index contributed by atoms with van der Waals surface area (Å²) in [6, 6.07) is 11.1. The fourth-order valence-corrected chi connectivity index (χ4v) is 5.26. The minimum Gasteiger partial charge on any atom is -0.352 e. The SMILES string of the molecule is Cc1cc2c(n1-c1ccc(C(=O)NCCCN3CCCC[C@H]3C)cc1)CC[C@@H](C)C2. The molecule has 2 aromatic rings. The zero-order valence-corrected chi connectivity index (χ0v) is 18.9. The second-order valence-corrected chi connectivity index (χ2v) is 9.48. The van der Waals surface area contributed by atoms with E-state index in [1.165, 1.54) is 61.3 Å². The van der Waals surface area contributed by atoms with Gasteiger partial charge < -0.3 is 14.8 Å². The zero-order valence-electron chi connectivity index (χ0n) is 18.9. The number of benzene rings is 1. The topological polar surface area (TPSA) is 37.3 Å². The number of likely N-dealkylation sites (tertiary alicyclic amines) is 1. The lowest BCUT2D eigenvalue weighted by Crippen LogP contribution is -2.39. The van der Waals surface area contributed by atoms with Gasteiger partial charge in [-0.05, 0) is 101 Å². The molecule has 0 spiro atoms. The normalized spacial score (nSPS) is 22.0. The number of carbonyl (C=O) groups is 1. The molecule has 1 aromatic carbocycles. The quantitative estimate of drug-likeness (QED) is 0.691. The highest BCUT2D eigenvalue weighted by atomic mass is 16.1. The summed E-state index contributed by atoms with van der Waals surface area (Å²) in [4.78, 5) is 15.1. The summed E-state index contributed by atoms with van der Waals surface area (Å²) in [6.07, 6.45) is 8.57. The number of nitrogens with one attached hydrogen (secondary N) is 1. The van der Waals surface area contributed by atoms with Crippen LogP contribution in [0.5, 0.6) is 0 Å². The fraction of sp³-hybridized carbons (Fsp3) is 0.577. The van der Waals surface area contributed by atoms with Crippen LogP contribution >= 0.6 is 0 Å². The third kappa shape index (κ3) is 4.64. The molecular weight excluding hydrogens is 370 g/mol. The van der Waals surface area contributed by atoms with E-state index in [1.54, 1.807) is 0 Å². The first-order chi connectivity index (χ1) is 14.5. The van der Waals surface area contributed by atoms with E-state index in [4.69, 9.17) is 0 Å². The minimum absolute atomic E-state index is 0.0355. The van der Waals surface area contributed by atoms with Crippen LogP contribution < -0.4 is 5.32 Å². The highest BCUT2D eigenvalue weighted by molar-refractivity contribution is 5.94. The largest absolute Gasteiger partial charge is 0.352 e. The van der Waals surface area contributed by atoms with Crippen molar-refractivity contribution in [3.63, 3.8) is 0 Å². The lowest BCUT2D eigenvalue weighted by Gasteiger charge is -2.33. The maximum absolute atomic E-state index is 12.6. The maximum Gasteiger partial charge on any atom is 0.251 e. The van der Waals surface area contributed by atoms with Gasteiger partial charge in [-0.15, -0.1) is 0 Å². The van der Waals surface area contributed by atoms with E-state index in [9.17, 15) is 4.79 Å². The van der Waals surface area contributed by atoms with Crippen molar-refractivity contribution in [1.29, 1.82) is 0 Å². The Morgan fingerprint density at radius 2 is 1.93 bits per heavy atom. The Kier molecular flexibility index (Phi) is 6.62. The van der Waals surface area contributed by atoms with Gasteiger partial charge in [0.2, 0.25) is 0 Å². The van der Waals surface area contributed by atoms with E-state index in [-0.39, 0.29) is 5.91 Å². The van der Waals surface area contributed by atoms with Crippen molar-refractivity contribution in [3.05, 3.63) is 52.8 Å². The summed E-state index contributed by atoms with van der Waals surface area (Å²) < 4.78 is 2.38. The summed E-state index contributed by atoms with van der Waals surface area (Å²) in [6.45, 7) is 9.88. The van der Waals surface area contributed by atoms with Crippen LogP contribution in [0.4, 0.5) is 0 Å². The molecule has 0 saturated carbocycles. The average molecular weight is 408 g/mol. The van der Waals surface area contributed by atoms with Gasteiger partial charge in [0.15, 0.2) is 0 Å². The van der Waals surface area contributed by atoms with Crippen LogP contribution in [0, 0.1) is 12.8 Å². The van der Waals surface area contributed by atoms with Gasteiger partial charge >= 0.3 is 0 Å². The first-order valence-corrected chi connectivity index (χ1v) is 11.9. The third-order valence-corrected chi connectivity index (χ3v) is 7.05. The van der Waals surface area contributed by atoms with Gasteiger partial charge in [0.25, 0.3) is 5.91 Å². The standard InChI is InChI=1S/C26H37N3O/c1-19-8-13-25-23(17-19)18-21(3)29(25)24-11-9-22(10-12-24)26(30)27-14-6-16-28-15-5-4-7-20(28)2/h9-12,18-20H,4-8,13-17H2,1-3H3,(H,27,30)/t19-,20-/m1/s1. The first-order valence-electron chi connectivity index (χ1n) is 11.9. The smallest absolute Gasteiger partial charge is 0.251 e. The number of carbonyl (C=O) groups excluding carboxylic acids is 1. The van der Waals surface area contributed by atoms with Crippen LogP contribution in [0.15, 0.2) is 30.3 Å². The van der Waals surface area contributed by atoms with Crippen LogP contribution in [0.3, 0.4) is 0 Å². The van der Waals surface area contributed by atoms with Crippen LogP contribution in [0.25, 0.3) is 5.69 Å². The number of hydrogen-bond donors (Lipinski definition) is 1. The van der Waals surface area contributed by atoms with Gasteiger partial charge in [0.1, 0.15) is 0 Å². The first kappa shape index (κ1) is 21.2. The molecule has 1 aromatic heterocycles. The van der Waals surface area contributed by atoms with E-state index >= 15 is 0 Å². The van der Waals surface area contributed by atoms with Crippen molar-refractivity contribution >= 4 is 5.91 Å². The van der Waals surface area contributed by atoms with Gasteiger partial charge in [-0.25, -0.2) is 0 Å². The number of aryl methyl sites for hydroxylation is 1. The van der Waals surface area contributed by atoms with E-state index in [1.807, 2.05) is 12.1 Å². The highest BCUT2D eigenvalue weighted by Crippen LogP contribution is 2.30. The van der Waals surface area contributed by atoms with Gasteiger partial charge in [0.05, 0.1) is 0 Å². The number of piperidine rings is 1. The second-order valence-electron chi connectivity index (χ2n) is 9.48. The molecule has 1 fully saturated rings. The van der Waals surface area contributed by atoms with E-state index < -0.39 is 0 Å². The summed E-state index contributed by atoms with van der Waals surface area (Å²) in [5.74, 6) is 0.810. The van der Waals surface area contributed by atoms with Crippen molar-refractivity contribution in [1.82, 2.24) is 14.8 Å². The lowest BCUT2D eigenvalue weighted by atomic mass is 9.89. The zero-order chi connectivity index (χ0) is 21.1.